The number of rotatable bonds is 12. The lowest BCUT2D eigenvalue weighted by Gasteiger charge is -2.23. The van der Waals surface area contributed by atoms with E-state index in [-0.39, 0.29) is 18.1 Å². The first kappa shape index (κ1) is 32.1. The van der Waals surface area contributed by atoms with E-state index in [0.717, 1.165) is 10.7 Å². The number of halogens is 3. The lowest BCUT2D eigenvalue weighted by Crippen LogP contribution is -2.44. The van der Waals surface area contributed by atoms with Crippen LogP contribution in [-0.2, 0) is 0 Å². The SMILES string of the molecule is O=C(NCCN(CCNC(=O)Nc1ccc(I)cc1)CCNC(=O)Nc1ccc(I)cc1)Nc1ccc(I)cc1. The zero-order valence-electron chi connectivity index (χ0n) is 21.5. The van der Waals surface area contributed by atoms with E-state index in [0.29, 0.717) is 56.3 Å². The molecule has 0 heterocycles. The minimum atomic E-state index is -0.300. The summed E-state index contributed by atoms with van der Waals surface area (Å²) in [6, 6.07) is 21.7. The highest BCUT2D eigenvalue weighted by molar-refractivity contribution is 14.1. The predicted octanol–water partition coefficient (Wildman–Crippen LogP) is 5.57. The number of urea groups is 3. The van der Waals surface area contributed by atoms with Gasteiger partial charge in [0, 0.05) is 67.0 Å². The van der Waals surface area contributed by atoms with Crippen molar-refractivity contribution in [2.45, 2.75) is 0 Å². The van der Waals surface area contributed by atoms with Gasteiger partial charge < -0.3 is 31.9 Å². The van der Waals surface area contributed by atoms with Crippen LogP contribution in [0.2, 0.25) is 0 Å². The van der Waals surface area contributed by atoms with Gasteiger partial charge in [-0.15, -0.1) is 0 Å². The van der Waals surface area contributed by atoms with Crippen molar-refractivity contribution in [2.75, 3.05) is 55.2 Å². The van der Waals surface area contributed by atoms with Crippen molar-refractivity contribution >= 4 is 103 Å². The standard InChI is InChI=1S/C27H30I3N7O3/c28-19-1-7-22(8-2-19)34-25(38)31-13-16-37(17-14-32-26(39)35-23-9-3-20(29)4-10-23)18-15-33-27(40)36-24-11-5-21(30)6-12-24/h1-12H,13-18H2,(H2,31,34,38)(H2,32,35,39)(H2,33,36,40). The maximum absolute atomic E-state index is 12.3. The van der Waals surface area contributed by atoms with Gasteiger partial charge in [0.1, 0.15) is 0 Å². The van der Waals surface area contributed by atoms with Gasteiger partial charge in [-0.2, -0.15) is 0 Å². The Hall–Kier alpha value is -2.38. The van der Waals surface area contributed by atoms with E-state index < -0.39 is 0 Å². The van der Waals surface area contributed by atoms with Crippen LogP contribution in [0.4, 0.5) is 31.4 Å². The Labute approximate surface area is 274 Å². The van der Waals surface area contributed by atoms with Crippen LogP contribution in [0.5, 0.6) is 0 Å². The lowest BCUT2D eigenvalue weighted by atomic mass is 10.3. The third-order valence-corrected chi connectivity index (χ3v) is 7.60. The molecule has 0 unspecified atom stereocenters. The predicted molar refractivity (Wildman–Crippen MR) is 185 cm³/mol. The quantitative estimate of drug-likeness (QED) is 0.133. The second kappa shape index (κ2) is 17.4. The van der Waals surface area contributed by atoms with Crippen molar-refractivity contribution in [2.24, 2.45) is 0 Å². The molecule has 0 radical (unpaired) electrons. The van der Waals surface area contributed by atoms with Gasteiger partial charge in [0.15, 0.2) is 0 Å². The Morgan fingerprint density at radius 2 is 0.725 bits per heavy atom. The number of amides is 6. The summed E-state index contributed by atoms with van der Waals surface area (Å²) in [7, 11) is 0. The number of nitrogens with zero attached hydrogens (tertiary/aromatic N) is 1. The highest BCUT2D eigenvalue weighted by Gasteiger charge is 2.10. The minimum Gasteiger partial charge on any atom is -0.337 e. The Morgan fingerprint density at radius 3 is 0.975 bits per heavy atom. The Bertz CT molecular complexity index is 1090. The normalized spacial score (nSPS) is 10.5. The Kier molecular flexibility index (Phi) is 14.0. The first-order chi connectivity index (χ1) is 19.3. The van der Waals surface area contributed by atoms with E-state index in [1.807, 2.05) is 72.8 Å². The van der Waals surface area contributed by atoms with Gasteiger partial charge in [0.2, 0.25) is 0 Å². The average Bonchev–Trinajstić information content (AvgIpc) is 2.92. The Balaban J connectivity index is 1.44. The molecule has 0 saturated heterocycles. The average molecular weight is 881 g/mol. The van der Waals surface area contributed by atoms with Gasteiger partial charge in [0.25, 0.3) is 0 Å². The molecule has 0 saturated carbocycles. The largest absolute Gasteiger partial charge is 0.337 e. The molecule has 0 aromatic heterocycles. The molecule has 10 nitrogen and oxygen atoms in total. The zero-order chi connectivity index (χ0) is 28.7. The minimum absolute atomic E-state index is 0.300. The summed E-state index contributed by atoms with van der Waals surface area (Å²) in [6.07, 6.45) is 0. The smallest absolute Gasteiger partial charge is 0.319 e. The molecule has 40 heavy (non-hydrogen) atoms. The van der Waals surface area contributed by atoms with Gasteiger partial charge >= 0.3 is 18.1 Å². The molecule has 212 valence electrons. The molecular formula is C27H30I3N7O3. The third-order valence-electron chi connectivity index (χ3n) is 5.45. The maximum atomic E-state index is 12.3. The fourth-order valence-electron chi connectivity index (χ4n) is 3.44. The number of nitrogens with one attached hydrogen (secondary N) is 6. The molecule has 0 aliphatic rings. The van der Waals surface area contributed by atoms with Crippen molar-refractivity contribution < 1.29 is 14.4 Å². The number of carbonyl (C=O) groups is 3. The van der Waals surface area contributed by atoms with E-state index in [4.69, 9.17) is 0 Å². The summed E-state index contributed by atoms with van der Waals surface area (Å²) in [5.41, 5.74) is 2.13. The number of anilines is 3. The lowest BCUT2D eigenvalue weighted by molar-refractivity contribution is 0.238. The molecule has 0 aliphatic heterocycles. The van der Waals surface area contributed by atoms with E-state index in [1.54, 1.807) is 0 Å². The zero-order valence-corrected chi connectivity index (χ0v) is 27.9. The molecular weight excluding hydrogens is 851 g/mol. The van der Waals surface area contributed by atoms with Crippen molar-refractivity contribution in [1.82, 2.24) is 20.9 Å². The molecule has 3 aromatic rings. The van der Waals surface area contributed by atoms with E-state index in [9.17, 15) is 14.4 Å². The molecule has 0 bridgehead atoms. The molecule has 0 fully saturated rings. The van der Waals surface area contributed by atoms with E-state index in [1.165, 1.54) is 0 Å². The summed E-state index contributed by atoms with van der Waals surface area (Å²) in [5, 5.41) is 17.0. The second-order valence-corrected chi connectivity index (χ2v) is 12.2. The number of benzene rings is 3. The second-order valence-electron chi connectivity index (χ2n) is 8.51. The van der Waals surface area contributed by atoms with Crippen LogP contribution in [0.25, 0.3) is 0 Å². The Morgan fingerprint density at radius 1 is 0.475 bits per heavy atom. The maximum Gasteiger partial charge on any atom is 0.319 e. The topological polar surface area (TPSA) is 127 Å². The van der Waals surface area contributed by atoms with Crippen LogP contribution in [-0.4, -0.2) is 62.3 Å². The van der Waals surface area contributed by atoms with Crippen LogP contribution in [0.3, 0.4) is 0 Å². The summed E-state index contributed by atoms with van der Waals surface area (Å²) >= 11 is 6.62. The van der Waals surface area contributed by atoms with Crippen LogP contribution in [0.1, 0.15) is 0 Å². The van der Waals surface area contributed by atoms with E-state index in [2.05, 4.69) is 105 Å². The van der Waals surface area contributed by atoms with E-state index >= 15 is 0 Å². The number of carbonyl (C=O) groups excluding carboxylic acids is 3. The molecule has 3 rings (SSSR count). The van der Waals surface area contributed by atoms with Crippen molar-refractivity contribution in [3.63, 3.8) is 0 Å². The molecule has 3 aromatic carbocycles. The highest BCUT2D eigenvalue weighted by atomic mass is 127. The molecule has 13 heteroatoms. The van der Waals surface area contributed by atoms with Gasteiger partial charge in [-0.25, -0.2) is 14.4 Å². The fourth-order valence-corrected chi connectivity index (χ4v) is 4.52. The highest BCUT2D eigenvalue weighted by Crippen LogP contribution is 2.12. The molecule has 0 aliphatic carbocycles. The van der Waals surface area contributed by atoms with Crippen LogP contribution >= 0.6 is 67.8 Å². The first-order valence-corrected chi connectivity index (χ1v) is 15.6. The van der Waals surface area contributed by atoms with Crippen LogP contribution in [0.15, 0.2) is 72.8 Å². The van der Waals surface area contributed by atoms with Gasteiger partial charge in [-0.3, -0.25) is 4.90 Å². The van der Waals surface area contributed by atoms with Gasteiger partial charge in [0.05, 0.1) is 0 Å². The van der Waals surface area contributed by atoms with Crippen molar-refractivity contribution in [3.8, 4) is 0 Å². The summed E-state index contributed by atoms with van der Waals surface area (Å²) in [5.74, 6) is 0. The van der Waals surface area contributed by atoms with Crippen LogP contribution in [0, 0.1) is 10.7 Å². The van der Waals surface area contributed by atoms with Crippen molar-refractivity contribution in [3.05, 3.63) is 83.5 Å². The molecule has 6 N–H and O–H groups in total. The monoisotopic (exact) mass is 881 g/mol. The van der Waals surface area contributed by atoms with Crippen molar-refractivity contribution in [1.29, 1.82) is 0 Å². The fraction of sp³-hybridized carbons (Fsp3) is 0.222. The third kappa shape index (κ3) is 12.9. The summed E-state index contributed by atoms with van der Waals surface area (Å²) < 4.78 is 3.25. The molecule has 6 amide bonds. The number of hydrogen-bond acceptors (Lipinski definition) is 4. The number of hydrogen-bond donors (Lipinski definition) is 6. The first-order valence-electron chi connectivity index (χ1n) is 12.4. The summed E-state index contributed by atoms with van der Waals surface area (Å²) in [4.78, 5) is 39.0. The van der Waals surface area contributed by atoms with Gasteiger partial charge in [-0.05, 0) is 141 Å². The van der Waals surface area contributed by atoms with Crippen LogP contribution < -0.4 is 31.9 Å². The summed E-state index contributed by atoms with van der Waals surface area (Å²) in [6.45, 7) is 2.75. The van der Waals surface area contributed by atoms with Gasteiger partial charge in [-0.1, -0.05) is 0 Å². The molecule has 0 spiro atoms. The molecule has 0 atom stereocenters.